The number of hydrogen-bond donors (Lipinski definition) is 1. The molecule has 3 aromatic rings. The Kier molecular flexibility index (Phi) is 5.11. The van der Waals surface area contributed by atoms with E-state index in [2.05, 4.69) is 46.6 Å². The van der Waals surface area contributed by atoms with Crippen LogP contribution >= 0.6 is 11.3 Å². The zero-order valence-corrected chi connectivity index (χ0v) is 16.0. The largest absolute Gasteiger partial charge is 0.497 e. The number of rotatable bonds is 5. The smallest absolute Gasteiger partial charge is 0.124 e. The van der Waals surface area contributed by atoms with Crippen LogP contribution in [0.2, 0.25) is 0 Å². The van der Waals surface area contributed by atoms with Crippen molar-refractivity contribution in [2.75, 3.05) is 40.4 Å². The molecule has 1 N–H and O–H groups in total. The molecule has 1 atom stereocenters. The van der Waals surface area contributed by atoms with Crippen LogP contribution in [0.1, 0.15) is 16.5 Å². The molecule has 5 heteroatoms. The lowest BCUT2D eigenvalue weighted by molar-refractivity contribution is 0.197. The van der Waals surface area contributed by atoms with E-state index in [1.54, 1.807) is 14.2 Å². The van der Waals surface area contributed by atoms with Gasteiger partial charge in [0.25, 0.3) is 0 Å². The first-order valence-electron chi connectivity index (χ1n) is 8.95. The van der Waals surface area contributed by atoms with Crippen LogP contribution in [0.4, 0.5) is 0 Å². The van der Waals surface area contributed by atoms with Gasteiger partial charge in [-0.1, -0.05) is 18.2 Å². The summed E-state index contributed by atoms with van der Waals surface area (Å²) in [5, 5.41) is 4.76. The molecule has 1 aliphatic rings. The third kappa shape index (κ3) is 3.30. The molecule has 136 valence electrons. The molecule has 0 amide bonds. The monoisotopic (exact) mass is 368 g/mol. The summed E-state index contributed by atoms with van der Waals surface area (Å²) in [4.78, 5) is 3.89. The Bertz CT molecular complexity index is 854. The number of nitrogens with zero attached hydrogens (tertiary/aromatic N) is 1. The fourth-order valence-corrected chi connectivity index (χ4v) is 4.88. The molecule has 0 bridgehead atoms. The average molecular weight is 369 g/mol. The van der Waals surface area contributed by atoms with Gasteiger partial charge in [0.1, 0.15) is 11.5 Å². The highest BCUT2D eigenvalue weighted by molar-refractivity contribution is 7.19. The van der Waals surface area contributed by atoms with Crippen molar-refractivity contribution in [3.8, 4) is 11.5 Å². The van der Waals surface area contributed by atoms with Gasteiger partial charge >= 0.3 is 0 Å². The molecule has 4 rings (SSSR count). The maximum Gasteiger partial charge on any atom is 0.124 e. The van der Waals surface area contributed by atoms with E-state index in [0.29, 0.717) is 0 Å². The van der Waals surface area contributed by atoms with Crippen LogP contribution in [-0.2, 0) is 0 Å². The molecule has 0 saturated carbocycles. The van der Waals surface area contributed by atoms with E-state index in [1.807, 2.05) is 23.5 Å². The molecule has 1 unspecified atom stereocenters. The number of nitrogens with one attached hydrogen (secondary N) is 1. The van der Waals surface area contributed by atoms with Gasteiger partial charge < -0.3 is 14.8 Å². The van der Waals surface area contributed by atoms with E-state index >= 15 is 0 Å². The Balaban J connectivity index is 1.85. The molecular formula is C21H24N2O2S. The van der Waals surface area contributed by atoms with Crippen LogP contribution in [0.5, 0.6) is 11.5 Å². The van der Waals surface area contributed by atoms with E-state index in [4.69, 9.17) is 9.47 Å². The third-order valence-electron chi connectivity index (χ3n) is 4.96. The molecule has 2 heterocycles. The number of hydrogen-bond acceptors (Lipinski definition) is 5. The molecule has 1 fully saturated rings. The summed E-state index contributed by atoms with van der Waals surface area (Å²) in [6.07, 6.45) is 0. The van der Waals surface area contributed by atoms with Gasteiger partial charge in [-0.05, 0) is 35.7 Å². The molecule has 0 radical (unpaired) electrons. The summed E-state index contributed by atoms with van der Waals surface area (Å²) in [5.74, 6) is 1.77. The van der Waals surface area contributed by atoms with Crippen molar-refractivity contribution in [1.82, 2.24) is 10.2 Å². The molecule has 0 spiro atoms. The maximum atomic E-state index is 5.72. The van der Waals surface area contributed by atoms with Crippen molar-refractivity contribution < 1.29 is 9.47 Å². The SMILES string of the molecule is COc1ccc(OC)c(C(c2cc3ccccc3s2)N2CCNCC2)c1. The van der Waals surface area contributed by atoms with E-state index in [0.717, 1.165) is 37.7 Å². The van der Waals surface area contributed by atoms with Crippen molar-refractivity contribution >= 4 is 21.4 Å². The standard InChI is InChI=1S/C21H24N2O2S/c1-24-16-7-8-18(25-2)17(14-16)21(23-11-9-22-10-12-23)20-13-15-5-3-4-6-19(15)26-20/h3-8,13-14,21-22H,9-12H2,1-2H3. The molecule has 1 aliphatic heterocycles. The van der Waals surface area contributed by atoms with E-state index in [1.165, 1.54) is 20.5 Å². The highest BCUT2D eigenvalue weighted by Crippen LogP contribution is 2.41. The Hall–Kier alpha value is -2.08. The first-order chi connectivity index (χ1) is 12.8. The molecule has 1 saturated heterocycles. The fraction of sp³-hybridized carbons (Fsp3) is 0.333. The van der Waals surface area contributed by atoms with Crippen LogP contribution in [0.15, 0.2) is 48.5 Å². The van der Waals surface area contributed by atoms with Gasteiger partial charge in [0.05, 0.1) is 20.3 Å². The van der Waals surface area contributed by atoms with Crippen LogP contribution in [-0.4, -0.2) is 45.3 Å². The first-order valence-corrected chi connectivity index (χ1v) is 9.77. The van der Waals surface area contributed by atoms with Gasteiger partial charge in [-0.25, -0.2) is 0 Å². The Labute approximate surface area is 158 Å². The van der Waals surface area contributed by atoms with E-state index in [-0.39, 0.29) is 6.04 Å². The van der Waals surface area contributed by atoms with Gasteiger partial charge in [-0.15, -0.1) is 11.3 Å². The van der Waals surface area contributed by atoms with Crippen LogP contribution < -0.4 is 14.8 Å². The van der Waals surface area contributed by atoms with Gasteiger partial charge in [0.15, 0.2) is 0 Å². The highest BCUT2D eigenvalue weighted by Gasteiger charge is 2.28. The molecule has 0 aliphatic carbocycles. The third-order valence-corrected chi connectivity index (χ3v) is 6.13. The second kappa shape index (κ2) is 7.66. The normalized spacial score (nSPS) is 16.5. The number of methoxy groups -OCH3 is 2. The lowest BCUT2D eigenvalue weighted by atomic mass is 10.0. The predicted molar refractivity (Wildman–Crippen MR) is 108 cm³/mol. The summed E-state index contributed by atoms with van der Waals surface area (Å²) in [5.41, 5.74) is 1.17. The number of ether oxygens (including phenoxy) is 2. The average Bonchev–Trinajstić information content (AvgIpc) is 3.12. The van der Waals surface area contributed by atoms with Crippen molar-refractivity contribution in [2.24, 2.45) is 0 Å². The van der Waals surface area contributed by atoms with Crippen molar-refractivity contribution in [1.29, 1.82) is 0 Å². The lowest BCUT2D eigenvalue weighted by Crippen LogP contribution is -2.45. The lowest BCUT2D eigenvalue weighted by Gasteiger charge is -2.35. The topological polar surface area (TPSA) is 33.7 Å². The quantitative estimate of drug-likeness (QED) is 0.740. The van der Waals surface area contributed by atoms with Crippen molar-refractivity contribution in [2.45, 2.75) is 6.04 Å². The summed E-state index contributed by atoms with van der Waals surface area (Å²) in [7, 11) is 3.45. The second-order valence-corrected chi connectivity index (χ2v) is 7.60. The molecule has 4 nitrogen and oxygen atoms in total. The number of fused-ring (bicyclic) bond motifs is 1. The Morgan fingerprint density at radius 3 is 2.54 bits per heavy atom. The Morgan fingerprint density at radius 1 is 1.00 bits per heavy atom. The molecule has 2 aromatic carbocycles. The summed E-state index contributed by atoms with van der Waals surface area (Å²) in [6, 6.07) is 17.2. The summed E-state index contributed by atoms with van der Waals surface area (Å²) < 4.78 is 12.5. The zero-order valence-electron chi connectivity index (χ0n) is 15.2. The fourth-order valence-electron chi connectivity index (χ4n) is 3.66. The molecular weight excluding hydrogens is 344 g/mol. The first kappa shape index (κ1) is 17.3. The summed E-state index contributed by atoms with van der Waals surface area (Å²) >= 11 is 1.87. The van der Waals surface area contributed by atoms with Crippen molar-refractivity contribution in [3.63, 3.8) is 0 Å². The number of benzene rings is 2. The van der Waals surface area contributed by atoms with Crippen LogP contribution in [0, 0.1) is 0 Å². The van der Waals surface area contributed by atoms with Crippen LogP contribution in [0.3, 0.4) is 0 Å². The van der Waals surface area contributed by atoms with E-state index in [9.17, 15) is 0 Å². The number of thiophene rings is 1. The van der Waals surface area contributed by atoms with Gasteiger partial charge in [0, 0.05) is 41.3 Å². The van der Waals surface area contributed by atoms with Gasteiger partial charge in [-0.3, -0.25) is 4.90 Å². The molecule has 1 aromatic heterocycles. The minimum Gasteiger partial charge on any atom is -0.497 e. The van der Waals surface area contributed by atoms with E-state index < -0.39 is 0 Å². The minimum absolute atomic E-state index is 0.166. The molecule has 26 heavy (non-hydrogen) atoms. The van der Waals surface area contributed by atoms with Crippen LogP contribution in [0.25, 0.3) is 10.1 Å². The second-order valence-electron chi connectivity index (χ2n) is 6.48. The highest BCUT2D eigenvalue weighted by atomic mass is 32.1. The zero-order chi connectivity index (χ0) is 17.9. The van der Waals surface area contributed by atoms with Gasteiger partial charge in [-0.2, -0.15) is 0 Å². The Morgan fingerprint density at radius 2 is 1.81 bits per heavy atom. The van der Waals surface area contributed by atoms with Crippen molar-refractivity contribution in [3.05, 3.63) is 59.0 Å². The maximum absolute atomic E-state index is 5.72. The predicted octanol–water partition coefficient (Wildman–Crippen LogP) is 3.91. The van der Waals surface area contributed by atoms with Gasteiger partial charge in [0.2, 0.25) is 0 Å². The summed E-state index contributed by atoms with van der Waals surface area (Å²) in [6.45, 7) is 4.04. The minimum atomic E-state index is 0.166. The number of piperazine rings is 1.